The van der Waals surface area contributed by atoms with E-state index in [9.17, 15) is 17.2 Å². The van der Waals surface area contributed by atoms with Crippen molar-refractivity contribution < 1.29 is 17.2 Å². The average Bonchev–Trinajstić information content (AvgIpc) is 3.32. The van der Waals surface area contributed by atoms with Crippen LogP contribution in [0.3, 0.4) is 0 Å². The summed E-state index contributed by atoms with van der Waals surface area (Å²) in [7, 11) is -4.16. The van der Waals surface area contributed by atoms with Crippen molar-refractivity contribution in [1.82, 2.24) is 9.21 Å². The van der Waals surface area contributed by atoms with Crippen LogP contribution in [0.15, 0.2) is 23.1 Å². The summed E-state index contributed by atoms with van der Waals surface area (Å²) in [6.07, 6.45) is 2.95. The van der Waals surface area contributed by atoms with Gasteiger partial charge < -0.3 is 4.90 Å². The second-order valence-electron chi connectivity index (χ2n) is 6.28. The van der Waals surface area contributed by atoms with Gasteiger partial charge in [-0.2, -0.15) is 4.31 Å². The van der Waals surface area contributed by atoms with Gasteiger partial charge in [0.1, 0.15) is 11.6 Å². The summed E-state index contributed by atoms with van der Waals surface area (Å²) in [5.74, 6) is -2.02. The van der Waals surface area contributed by atoms with Gasteiger partial charge in [0.25, 0.3) is 0 Å². The Balaban J connectivity index is 1.92. The lowest BCUT2D eigenvalue weighted by molar-refractivity contribution is 0.160. The van der Waals surface area contributed by atoms with Crippen molar-refractivity contribution in [1.29, 1.82) is 0 Å². The van der Waals surface area contributed by atoms with Crippen LogP contribution in [0.25, 0.3) is 0 Å². The van der Waals surface area contributed by atoms with Crippen LogP contribution in [0.4, 0.5) is 8.78 Å². The SMILES string of the molecule is CCN1CCC(N(C2CC2)S(=O)(=O)c2c(F)cccc2F)CC1. The van der Waals surface area contributed by atoms with E-state index in [1.807, 2.05) is 0 Å². The average molecular weight is 344 g/mol. The van der Waals surface area contributed by atoms with Crippen LogP contribution >= 0.6 is 0 Å². The molecule has 1 aliphatic heterocycles. The monoisotopic (exact) mass is 344 g/mol. The second kappa shape index (κ2) is 6.45. The fourth-order valence-corrected chi connectivity index (χ4v) is 5.39. The fourth-order valence-electron chi connectivity index (χ4n) is 3.34. The molecule has 1 aliphatic carbocycles. The first-order valence-corrected chi connectivity index (χ1v) is 9.59. The summed E-state index contributed by atoms with van der Waals surface area (Å²) in [6, 6.07) is 2.90. The fraction of sp³-hybridized carbons (Fsp3) is 0.625. The van der Waals surface area contributed by atoms with E-state index in [0.29, 0.717) is 12.8 Å². The molecule has 2 fully saturated rings. The molecule has 0 radical (unpaired) electrons. The van der Waals surface area contributed by atoms with Gasteiger partial charge in [0.05, 0.1) is 0 Å². The zero-order chi connectivity index (χ0) is 16.6. The Kier molecular flexibility index (Phi) is 4.71. The number of rotatable bonds is 5. The molecule has 128 valence electrons. The molecule has 2 aliphatic rings. The highest BCUT2D eigenvalue weighted by Gasteiger charge is 2.45. The summed E-state index contributed by atoms with van der Waals surface area (Å²) in [6.45, 7) is 4.65. The van der Waals surface area contributed by atoms with Gasteiger partial charge in [-0.1, -0.05) is 13.0 Å². The van der Waals surface area contributed by atoms with Crippen molar-refractivity contribution in [2.45, 2.75) is 49.6 Å². The molecule has 0 aromatic heterocycles. The van der Waals surface area contributed by atoms with Crippen molar-refractivity contribution in [2.75, 3.05) is 19.6 Å². The summed E-state index contributed by atoms with van der Waals surface area (Å²) in [4.78, 5) is 1.46. The Morgan fingerprint density at radius 2 is 1.61 bits per heavy atom. The Hall–Kier alpha value is -1.05. The number of hydrogen-bond acceptors (Lipinski definition) is 3. The maximum absolute atomic E-state index is 14.0. The molecular formula is C16H22F2N2O2S. The molecule has 0 atom stereocenters. The Labute approximate surface area is 136 Å². The second-order valence-corrected chi connectivity index (χ2v) is 8.06. The molecule has 0 bridgehead atoms. The minimum atomic E-state index is -4.16. The molecule has 0 unspecified atom stereocenters. The molecule has 23 heavy (non-hydrogen) atoms. The van der Waals surface area contributed by atoms with Gasteiger partial charge >= 0.3 is 0 Å². The molecule has 1 aromatic carbocycles. The number of nitrogens with zero attached hydrogens (tertiary/aromatic N) is 2. The van der Waals surface area contributed by atoms with Crippen LogP contribution in [0.1, 0.15) is 32.6 Å². The van der Waals surface area contributed by atoms with Crippen molar-refractivity contribution in [3.05, 3.63) is 29.8 Å². The molecule has 0 amide bonds. The molecule has 1 heterocycles. The lowest BCUT2D eigenvalue weighted by Gasteiger charge is -2.37. The molecule has 7 heteroatoms. The predicted molar refractivity (Wildman–Crippen MR) is 83.5 cm³/mol. The predicted octanol–water partition coefficient (Wildman–Crippen LogP) is 2.60. The van der Waals surface area contributed by atoms with E-state index in [-0.39, 0.29) is 12.1 Å². The highest BCUT2D eigenvalue weighted by molar-refractivity contribution is 7.89. The van der Waals surface area contributed by atoms with E-state index in [0.717, 1.165) is 44.6 Å². The Bertz CT molecular complexity index is 648. The van der Waals surface area contributed by atoms with Gasteiger partial charge in [0, 0.05) is 12.1 Å². The largest absolute Gasteiger partial charge is 0.303 e. The summed E-state index contributed by atoms with van der Waals surface area (Å²) < 4.78 is 55.3. The van der Waals surface area contributed by atoms with E-state index in [1.54, 1.807) is 0 Å². The van der Waals surface area contributed by atoms with Crippen LogP contribution < -0.4 is 0 Å². The van der Waals surface area contributed by atoms with Gasteiger partial charge in [-0.15, -0.1) is 0 Å². The van der Waals surface area contributed by atoms with Crippen LogP contribution in [-0.4, -0.2) is 49.3 Å². The first-order valence-electron chi connectivity index (χ1n) is 8.15. The van der Waals surface area contributed by atoms with Crippen LogP contribution in [0, 0.1) is 11.6 Å². The minimum absolute atomic E-state index is 0.114. The van der Waals surface area contributed by atoms with E-state index >= 15 is 0 Å². The van der Waals surface area contributed by atoms with Crippen LogP contribution in [0.2, 0.25) is 0 Å². The number of halogens is 2. The van der Waals surface area contributed by atoms with Crippen molar-refractivity contribution in [2.24, 2.45) is 0 Å². The number of likely N-dealkylation sites (tertiary alicyclic amines) is 1. The lowest BCUT2D eigenvalue weighted by Crippen LogP contribution is -2.48. The molecular weight excluding hydrogens is 322 g/mol. The van der Waals surface area contributed by atoms with Crippen molar-refractivity contribution in [3.8, 4) is 0 Å². The van der Waals surface area contributed by atoms with E-state index < -0.39 is 26.6 Å². The molecule has 1 saturated heterocycles. The topological polar surface area (TPSA) is 40.6 Å². The molecule has 1 saturated carbocycles. The lowest BCUT2D eigenvalue weighted by atomic mass is 10.1. The first-order chi connectivity index (χ1) is 10.9. The third kappa shape index (κ3) is 3.27. The van der Waals surface area contributed by atoms with E-state index in [1.165, 1.54) is 10.4 Å². The number of sulfonamides is 1. The maximum atomic E-state index is 14.0. The van der Waals surface area contributed by atoms with Gasteiger partial charge in [-0.25, -0.2) is 17.2 Å². The minimum Gasteiger partial charge on any atom is -0.303 e. The molecule has 3 rings (SSSR count). The van der Waals surface area contributed by atoms with Gasteiger partial charge in [0.15, 0.2) is 4.90 Å². The van der Waals surface area contributed by atoms with Crippen LogP contribution in [0.5, 0.6) is 0 Å². The number of piperidine rings is 1. The van der Waals surface area contributed by atoms with Gasteiger partial charge in [-0.3, -0.25) is 0 Å². The number of hydrogen-bond donors (Lipinski definition) is 0. The van der Waals surface area contributed by atoms with Crippen LogP contribution in [-0.2, 0) is 10.0 Å². The van der Waals surface area contributed by atoms with Crippen molar-refractivity contribution >= 4 is 10.0 Å². The highest BCUT2D eigenvalue weighted by atomic mass is 32.2. The normalized spacial score (nSPS) is 21.0. The van der Waals surface area contributed by atoms with E-state index in [2.05, 4.69) is 11.8 Å². The Morgan fingerprint density at radius 1 is 1.09 bits per heavy atom. The van der Waals surface area contributed by atoms with E-state index in [4.69, 9.17) is 0 Å². The Morgan fingerprint density at radius 3 is 2.09 bits per heavy atom. The third-order valence-corrected chi connectivity index (χ3v) is 6.78. The quantitative estimate of drug-likeness (QED) is 0.824. The number of benzene rings is 1. The zero-order valence-corrected chi connectivity index (χ0v) is 14.0. The van der Waals surface area contributed by atoms with Gasteiger partial charge in [0.2, 0.25) is 10.0 Å². The third-order valence-electron chi connectivity index (χ3n) is 4.73. The molecule has 0 spiro atoms. The summed E-state index contributed by atoms with van der Waals surface area (Å²) in [5, 5.41) is 0. The summed E-state index contributed by atoms with van der Waals surface area (Å²) >= 11 is 0. The zero-order valence-electron chi connectivity index (χ0n) is 13.2. The molecule has 1 aromatic rings. The summed E-state index contributed by atoms with van der Waals surface area (Å²) in [5.41, 5.74) is 0. The first kappa shape index (κ1) is 16.8. The highest BCUT2D eigenvalue weighted by Crippen LogP contribution is 2.37. The molecule has 0 N–H and O–H groups in total. The maximum Gasteiger partial charge on any atom is 0.249 e. The molecule has 4 nitrogen and oxygen atoms in total. The standard InChI is InChI=1S/C16H22F2N2O2S/c1-2-19-10-8-13(9-11-19)20(12-6-7-12)23(21,22)16-14(17)4-3-5-15(16)18/h3-5,12-13H,2,6-11H2,1H3. The smallest absolute Gasteiger partial charge is 0.249 e. The van der Waals surface area contributed by atoms with Crippen molar-refractivity contribution in [3.63, 3.8) is 0 Å². The van der Waals surface area contributed by atoms with Gasteiger partial charge in [-0.05, 0) is 57.5 Å².